The molecule has 0 saturated carbocycles. The fourth-order valence-electron chi connectivity index (χ4n) is 7.23. The van der Waals surface area contributed by atoms with Crippen molar-refractivity contribution in [2.24, 2.45) is 0 Å². The number of rotatable bonds is 5. The van der Waals surface area contributed by atoms with Crippen LogP contribution in [0.2, 0.25) is 0 Å². The Morgan fingerprint density at radius 2 is 1.11 bits per heavy atom. The SMILES string of the molecule is CC1(C)c2ccccc2-c2cc(N(c3ccc(-c4ccccc4)cc3)c3ccc4cc(-c5nc6ccccc6s5)ccc4c3)ccc21. The molecule has 2 nitrogen and oxygen atoms in total. The van der Waals surface area contributed by atoms with Crippen molar-refractivity contribution < 1.29 is 0 Å². The van der Waals surface area contributed by atoms with Gasteiger partial charge >= 0.3 is 0 Å². The lowest BCUT2D eigenvalue weighted by Crippen LogP contribution is -2.15. The monoisotopic (exact) mass is 620 g/mol. The lowest BCUT2D eigenvalue weighted by Gasteiger charge is -2.27. The molecule has 1 aliphatic carbocycles. The summed E-state index contributed by atoms with van der Waals surface area (Å²) in [7, 11) is 0. The predicted molar refractivity (Wildman–Crippen MR) is 200 cm³/mol. The second-order valence-corrected chi connectivity index (χ2v) is 13.9. The van der Waals surface area contributed by atoms with Gasteiger partial charge in [0.05, 0.1) is 10.2 Å². The van der Waals surface area contributed by atoms with Crippen LogP contribution in [0.3, 0.4) is 0 Å². The zero-order chi connectivity index (χ0) is 31.5. The van der Waals surface area contributed by atoms with E-state index in [2.05, 4.69) is 176 Å². The van der Waals surface area contributed by atoms with Gasteiger partial charge in [-0.3, -0.25) is 0 Å². The van der Waals surface area contributed by atoms with Crippen molar-refractivity contribution in [2.75, 3.05) is 4.90 Å². The van der Waals surface area contributed by atoms with Crippen LogP contribution in [0.5, 0.6) is 0 Å². The van der Waals surface area contributed by atoms with Crippen LogP contribution >= 0.6 is 11.3 Å². The summed E-state index contributed by atoms with van der Waals surface area (Å²) in [5.74, 6) is 0. The first-order valence-corrected chi connectivity index (χ1v) is 16.9. The van der Waals surface area contributed by atoms with E-state index < -0.39 is 0 Å². The summed E-state index contributed by atoms with van der Waals surface area (Å²) in [5, 5.41) is 3.46. The molecule has 1 aromatic heterocycles. The maximum Gasteiger partial charge on any atom is 0.124 e. The summed E-state index contributed by atoms with van der Waals surface area (Å²) in [6.45, 7) is 4.67. The average molecular weight is 621 g/mol. The highest BCUT2D eigenvalue weighted by Crippen LogP contribution is 2.50. The molecule has 7 aromatic carbocycles. The Morgan fingerprint density at radius 3 is 1.96 bits per heavy atom. The number of hydrogen-bond acceptors (Lipinski definition) is 3. The maximum atomic E-state index is 4.91. The number of aromatic nitrogens is 1. The second-order valence-electron chi connectivity index (χ2n) is 12.9. The zero-order valence-electron chi connectivity index (χ0n) is 26.3. The van der Waals surface area contributed by atoms with Crippen molar-refractivity contribution in [3.63, 3.8) is 0 Å². The second kappa shape index (κ2) is 10.8. The Bertz CT molecular complexity index is 2400. The molecule has 0 aliphatic heterocycles. The molecule has 8 aromatic rings. The maximum absolute atomic E-state index is 4.91. The van der Waals surface area contributed by atoms with Crippen LogP contribution < -0.4 is 4.90 Å². The van der Waals surface area contributed by atoms with Gasteiger partial charge in [0.15, 0.2) is 0 Å². The van der Waals surface area contributed by atoms with E-state index in [1.165, 1.54) is 48.9 Å². The lowest BCUT2D eigenvalue weighted by molar-refractivity contribution is 0.660. The fourth-order valence-corrected chi connectivity index (χ4v) is 8.19. The van der Waals surface area contributed by atoms with Crippen molar-refractivity contribution in [1.82, 2.24) is 4.98 Å². The minimum Gasteiger partial charge on any atom is -0.310 e. The van der Waals surface area contributed by atoms with Crippen molar-refractivity contribution in [1.29, 1.82) is 0 Å². The summed E-state index contributed by atoms with van der Waals surface area (Å²) >= 11 is 1.75. The molecule has 0 saturated heterocycles. The van der Waals surface area contributed by atoms with Gasteiger partial charge in [0, 0.05) is 28.0 Å². The number of para-hydroxylation sites is 1. The minimum absolute atomic E-state index is 0.0312. The van der Waals surface area contributed by atoms with E-state index in [9.17, 15) is 0 Å². The molecule has 1 aliphatic rings. The van der Waals surface area contributed by atoms with E-state index >= 15 is 0 Å². The average Bonchev–Trinajstić information content (AvgIpc) is 3.66. The van der Waals surface area contributed by atoms with Gasteiger partial charge in [-0.25, -0.2) is 4.98 Å². The molecule has 224 valence electrons. The Kier molecular flexibility index (Phi) is 6.38. The quantitative estimate of drug-likeness (QED) is 0.190. The molecule has 0 unspecified atom stereocenters. The number of nitrogens with zero attached hydrogens (tertiary/aromatic N) is 2. The van der Waals surface area contributed by atoms with Crippen LogP contribution in [0, 0.1) is 0 Å². The Balaban J connectivity index is 1.16. The summed E-state index contributed by atoms with van der Waals surface area (Å²) in [5.41, 5.74) is 13.4. The van der Waals surface area contributed by atoms with E-state index in [-0.39, 0.29) is 5.41 Å². The van der Waals surface area contributed by atoms with Crippen LogP contribution in [0.25, 0.3) is 53.8 Å². The first-order chi connectivity index (χ1) is 23.0. The number of anilines is 3. The van der Waals surface area contributed by atoms with E-state index in [0.29, 0.717) is 0 Å². The number of hydrogen-bond donors (Lipinski definition) is 0. The number of benzene rings is 7. The molecule has 47 heavy (non-hydrogen) atoms. The molecular weight excluding hydrogens is 589 g/mol. The molecule has 0 bridgehead atoms. The van der Waals surface area contributed by atoms with Crippen molar-refractivity contribution in [3.8, 4) is 32.8 Å². The highest BCUT2D eigenvalue weighted by atomic mass is 32.1. The molecule has 9 rings (SSSR count). The normalized spacial score (nSPS) is 13.1. The molecule has 0 spiro atoms. The molecule has 0 amide bonds. The Hall–Kier alpha value is -5.51. The first-order valence-electron chi connectivity index (χ1n) is 16.1. The van der Waals surface area contributed by atoms with Gasteiger partial charge < -0.3 is 4.90 Å². The van der Waals surface area contributed by atoms with Crippen LogP contribution in [0.1, 0.15) is 25.0 Å². The van der Waals surface area contributed by atoms with Gasteiger partial charge in [0.1, 0.15) is 5.01 Å². The number of thiazole rings is 1. The summed E-state index contributed by atoms with van der Waals surface area (Å²) in [4.78, 5) is 7.30. The standard InChI is InChI=1S/C44H32N2S/c1-44(2)39-13-7-6-12-37(39)38-28-36(24-25-40(38)44)46(34-21-18-30(19-22-34)29-10-4-3-5-11-29)35-23-20-31-26-33(17-16-32(31)27-35)43-45-41-14-8-9-15-42(41)47-43/h3-28H,1-2H3. The van der Waals surface area contributed by atoms with Gasteiger partial charge in [0.2, 0.25) is 0 Å². The molecule has 0 fully saturated rings. The summed E-state index contributed by atoms with van der Waals surface area (Å²) in [6.07, 6.45) is 0. The third-order valence-electron chi connectivity index (χ3n) is 9.68. The van der Waals surface area contributed by atoms with E-state index in [4.69, 9.17) is 4.98 Å². The Labute approximate surface area is 279 Å². The molecular formula is C44H32N2S. The lowest BCUT2D eigenvalue weighted by atomic mass is 9.82. The van der Waals surface area contributed by atoms with Crippen LogP contribution in [0.4, 0.5) is 17.1 Å². The zero-order valence-corrected chi connectivity index (χ0v) is 27.1. The molecule has 3 heteroatoms. The van der Waals surface area contributed by atoms with Crippen LogP contribution in [-0.2, 0) is 5.41 Å². The van der Waals surface area contributed by atoms with E-state index in [1.54, 1.807) is 11.3 Å². The predicted octanol–water partition coefficient (Wildman–Crippen LogP) is 12.6. The van der Waals surface area contributed by atoms with E-state index in [1.807, 2.05) is 0 Å². The molecule has 0 N–H and O–H groups in total. The van der Waals surface area contributed by atoms with Crippen molar-refractivity contribution in [2.45, 2.75) is 19.3 Å². The minimum atomic E-state index is -0.0312. The summed E-state index contributed by atoms with van der Waals surface area (Å²) < 4.78 is 1.22. The van der Waals surface area contributed by atoms with Gasteiger partial charge in [-0.15, -0.1) is 11.3 Å². The topological polar surface area (TPSA) is 16.1 Å². The van der Waals surface area contributed by atoms with Crippen LogP contribution in [0.15, 0.2) is 158 Å². The van der Waals surface area contributed by atoms with Crippen LogP contribution in [-0.4, -0.2) is 4.98 Å². The largest absolute Gasteiger partial charge is 0.310 e. The fraction of sp³-hybridized carbons (Fsp3) is 0.0682. The van der Waals surface area contributed by atoms with Gasteiger partial charge in [-0.1, -0.05) is 117 Å². The number of fused-ring (bicyclic) bond motifs is 5. The van der Waals surface area contributed by atoms with Gasteiger partial charge in [0.25, 0.3) is 0 Å². The highest BCUT2D eigenvalue weighted by Gasteiger charge is 2.35. The smallest absolute Gasteiger partial charge is 0.124 e. The van der Waals surface area contributed by atoms with Gasteiger partial charge in [-0.2, -0.15) is 0 Å². The van der Waals surface area contributed by atoms with E-state index in [0.717, 1.165) is 33.1 Å². The van der Waals surface area contributed by atoms with Gasteiger partial charge in [-0.05, 0) is 98.8 Å². The molecule has 0 atom stereocenters. The summed E-state index contributed by atoms with van der Waals surface area (Å²) in [6, 6.07) is 57.3. The Morgan fingerprint density at radius 1 is 0.489 bits per heavy atom. The highest BCUT2D eigenvalue weighted by molar-refractivity contribution is 7.21. The van der Waals surface area contributed by atoms with Crippen molar-refractivity contribution >= 4 is 49.4 Å². The molecule has 0 radical (unpaired) electrons. The first kappa shape index (κ1) is 27.8. The molecule has 1 heterocycles. The van der Waals surface area contributed by atoms with Crippen molar-refractivity contribution in [3.05, 3.63) is 169 Å². The third kappa shape index (κ3) is 4.66. The third-order valence-corrected chi connectivity index (χ3v) is 10.8.